The second-order valence-corrected chi connectivity index (χ2v) is 3.16. The molecule has 10 heavy (non-hydrogen) atoms. The quantitative estimate of drug-likeness (QED) is 0.401. The first-order valence-electron chi connectivity index (χ1n) is 3.87. The van der Waals surface area contributed by atoms with Gasteiger partial charge in [-0.25, -0.2) is 0 Å². The molecule has 1 heteroatoms. The van der Waals surface area contributed by atoms with Gasteiger partial charge in [0.05, 0.1) is 0 Å². The Morgan fingerprint density at radius 3 is 2.80 bits per heavy atom. The van der Waals surface area contributed by atoms with Gasteiger partial charge in [0, 0.05) is 5.92 Å². The standard InChI is InChI=1S/C9H14O/c1-7-4-3-5-8(2)9(7)6-10/h4,6,8-9H,3,5H2,1-2H3/t8-,9+/m0/s1. The van der Waals surface area contributed by atoms with Crippen molar-refractivity contribution in [3.8, 4) is 0 Å². The van der Waals surface area contributed by atoms with E-state index >= 15 is 0 Å². The number of aldehydes is 1. The normalized spacial score (nSPS) is 33.2. The van der Waals surface area contributed by atoms with E-state index in [-0.39, 0.29) is 5.92 Å². The van der Waals surface area contributed by atoms with E-state index in [1.165, 1.54) is 12.0 Å². The molecule has 0 N–H and O–H groups in total. The first kappa shape index (κ1) is 7.52. The van der Waals surface area contributed by atoms with Crippen LogP contribution in [0.4, 0.5) is 0 Å². The molecule has 0 spiro atoms. The lowest BCUT2D eigenvalue weighted by Gasteiger charge is -2.23. The maximum atomic E-state index is 10.5. The minimum Gasteiger partial charge on any atom is -0.303 e. The number of hydrogen-bond donors (Lipinski definition) is 0. The average Bonchev–Trinajstić information content (AvgIpc) is 1.88. The molecule has 0 heterocycles. The highest BCUT2D eigenvalue weighted by molar-refractivity contribution is 5.59. The lowest BCUT2D eigenvalue weighted by molar-refractivity contribution is -0.111. The summed E-state index contributed by atoms with van der Waals surface area (Å²) in [6.45, 7) is 4.20. The maximum Gasteiger partial charge on any atom is 0.127 e. The molecule has 56 valence electrons. The van der Waals surface area contributed by atoms with Crippen LogP contribution < -0.4 is 0 Å². The molecule has 1 rings (SSSR count). The van der Waals surface area contributed by atoms with Crippen LogP contribution in [-0.4, -0.2) is 6.29 Å². The minimum atomic E-state index is 0.203. The molecule has 0 bridgehead atoms. The predicted molar refractivity (Wildman–Crippen MR) is 41.7 cm³/mol. The Hall–Kier alpha value is -0.590. The predicted octanol–water partition coefficient (Wildman–Crippen LogP) is 2.18. The summed E-state index contributed by atoms with van der Waals surface area (Å²) in [5, 5.41) is 0. The van der Waals surface area contributed by atoms with Gasteiger partial charge in [0.25, 0.3) is 0 Å². The van der Waals surface area contributed by atoms with E-state index in [0.717, 1.165) is 12.7 Å². The molecule has 1 aliphatic carbocycles. The molecule has 0 radical (unpaired) electrons. The zero-order valence-electron chi connectivity index (χ0n) is 6.63. The highest BCUT2D eigenvalue weighted by Gasteiger charge is 2.20. The molecular weight excluding hydrogens is 124 g/mol. The Labute approximate surface area is 62.1 Å². The van der Waals surface area contributed by atoms with Crippen molar-refractivity contribution in [2.45, 2.75) is 26.7 Å². The van der Waals surface area contributed by atoms with Gasteiger partial charge in [-0.05, 0) is 25.7 Å². The third-order valence-electron chi connectivity index (χ3n) is 2.37. The van der Waals surface area contributed by atoms with Gasteiger partial charge in [0.15, 0.2) is 0 Å². The Balaban J connectivity index is 2.72. The van der Waals surface area contributed by atoms with Crippen LogP contribution in [0.25, 0.3) is 0 Å². The zero-order valence-corrected chi connectivity index (χ0v) is 6.63. The van der Waals surface area contributed by atoms with Gasteiger partial charge in [0.2, 0.25) is 0 Å². The Bertz CT molecular complexity index is 158. The van der Waals surface area contributed by atoms with E-state index < -0.39 is 0 Å². The first-order valence-corrected chi connectivity index (χ1v) is 3.87. The molecule has 0 aromatic rings. The van der Waals surface area contributed by atoms with Crippen LogP contribution in [0, 0.1) is 11.8 Å². The number of carbonyl (C=O) groups excluding carboxylic acids is 1. The van der Waals surface area contributed by atoms with Gasteiger partial charge in [-0.2, -0.15) is 0 Å². The van der Waals surface area contributed by atoms with Crippen molar-refractivity contribution in [3.05, 3.63) is 11.6 Å². The molecule has 0 amide bonds. The average molecular weight is 138 g/mol. The van der Waals surface area contributed by atoms with Gasteiger partial charge in [0.1, 0.15) is 6.29 Å². The van der Waals surface area contributed by atoms with Gasteiger partial charge in [-0.3, -0.25) is 0 Å². The fraction of sp³-hybridized carbons (Fsp3) is 0.667. The first-order chi connectivity index (χ1) is 4.75. The van der Waals surface area contributed by atoms with Crippen LogP contribution in [0.1, 0.15) is 26.7 Å². The molecule has 2 atom stereocenters. The number of hydrogen-bond acceptors (Lipinski definition) is 1. The van der Waals surface area contributed by atoms with Crippen molar-refractivity contribution in [1.82, 2.24) is 0 Å². The Morgan fingerprint density at radius 2 is 2.40 bits per heavy atom. The smallest absolute Gasteiger partial charge is 0.127 e. The molecule has 1 nitrogen and oxygen atoms in total. The van der Waals surface area contributed by atoms with E-state index in [0.29, 0.717) is 5.92 Å². The molecule has 0 saturated heterocycles. The van der Waals surface area contributed by atoms with Crippen molar-refractivity contribution in [2.24, 2.45) is 11.8 Å². The second kappa shape index (κ2) is 3.00. The minimum absolute atomic E-state index is 0.203. The van der Waals surface area contributed by atoms with E-state index in [1.54, 1.807) is 0 Å². The van der Waals surface area contributed by atoms with Crippen LogP contribution in [-0.2, 0) is 4.79 Å². The fourth-order valence-electron chi connectivity index (χ4n) is 1.58. The lowest BCUT2D eigenvalue weighted by atomic mass is 9.81. The summed E-state index contributed by atoms with van der Waals surface area (Å²) < 4.78 is 0. The summed E-state index contributed by atoms with van der Waals surface area (Å²) in [6, 6.07) is 0. The van der Waals surface area contributed by atoms with Crippen LogP contribution in [0.15, 0.2) is 11.6 Å². The lowest BCUT2D eigenvalue weighted by Crippen LogP contribution is -2.17. The molecule has 0 aromatic carbocycles. The summed E-state index contributed by atoms with van der Waals surface area (Å²) in [6.07, 6.45) is 5.58. The molecule has 0 fully saturated rings. The van der Waals surface area contributed by atoms with E-state index in [1.807, 2.05) is 0 Å². The molecule has 0 saturated carbocycles. The molecule has 0 unspecified atom stereocenters. The summed E-state index contributed by atoms with van der Waals surface area (Å²) in [7, 11) is 0. The number of carbonyl (C=O) groups is 1. The fourth-order valence-corrected chi connectivity index (χ4v) is 1.58. The van der Waals surface area contributed by atoms with Crippen LogP contribution >= 0.6 is 0 Å². The van der Waals surface area contributed by atoms with Crippen LogP contribution in [0.5, 0.6) is 0 Å². The molecule has 0 aromatic heterocycles. The number of rotatable bonds is 1. The van der Waals surface area contributed by atoms with E-state index in [2.05, 4.69) is 19.9 Å². The highest BCUT2D eigenvalue weighted by atomic mass is 16.1. The van der Waals surface area contributed by atoms with Crippen molar-refractivity contribution in [2.75, 3.05) is 0 Å². The van der Waals surface area contributed by atoms with E-state index in [9.17, 15) is 4.79 Å². The van der Waals surface area contributed by atoms with Crippen molar-refractivity contribution in [3.63, 3.8) is 0 Å². The zero-order chi connectivity index (χ0) is 7.56. The topological polar surface area (TPSA) is 17.1 Å². The number of allylic oxidation sites excluding steroid dienone is 2. The Morgan fingerprint density at radius 1 is 1.70 bits per heavy atom. The Kier molecular flexibility index (Phi) is 2.25. The summed E-state index contributed by atoms with van der Waals surface area (Å²) in [5.41, 5.74) is 1.26. The summed E-state index contributed by atoms with van der Waals surface area (Å²) >= 11 is 0. The van der Waals surface area contributed by atoms with Gasteiger partial charge in [-0.15, -0.1) is 0 Å². The molecular formula is C9H14O. The summed E-state index contributed by atoms with van der Waals surface area (Å²) in [5.74, 6) is 0.760. The monoisotopic (exact) mass is 138 g/mol. The SMILES string of the molecule is CC1=CCC[C@H](C)[C@@H]1C=O. The summed E-state index contributed by atoms with van der Waals surface area (Å²) in [4.78, 5) is 10.5. The highest BCUT2D eigenvalue weighted by Crippen LogP contribution is 2.27. The van der Waals surface area contributed by atoms with E-state index in [4.69, 9.17) is 0 Å². The maximum absolute atomic E-state index is 10.5. The van der Waals surface area contributed by atoms with Gasteiger partial charge in [-0.1, -0.05) is 18.6 Å². The van der Waals surface area contributed by atoms with Gasteiger partial charge >= 0.3 is 0 Å². The van der Waals surface area contributed by atoms with Crippen molar-refractivity contribution >= 4 is 6.29 Å². The van der Waals surface area contributed by atoms with Crippen LogP contribution in [0.3, 0.4) is 0 Å². The molecule has 1 aliphatic rings. The van der Waals surface area contributed by atoms with Gasteiger partial charge < -0.3 is 4.79 Å². The molecule has 0 aliphatic heterocycles. The third kappa shape index (κ3) is 1.28. The largest absolute Gasteiger partial charge is 0.303 e. The van der Waals surface area contributed by atoms with Crippen LogP contribution in [0.2, 0.25) is 0 Å². The van der Waals surface area contributed by atoms with Crippen molar-refractivity contribution < 1.29 is 4.79 Å². The van der Waals surface area contributed by atoms with Crippen molar-refractivity contribution in [1.29, 1.82) is 0 Å². The third-order valence-corrected chi connectivity index (χ3v) is 2.37. The second-order valence-electron chi connectivity index (χ2n) is 3.16.